The number of rotatable bonds is 4. The number of aromatic nitrogens is 1. The zero-order valence-electron chi connectivity index (χ0n) is 15.4. The molecule has 1 aromatic heterocycles. The van der Waals surface area contributed by atoms with E-state index in [0.29, 0.717) is 17.8 Å². The topological polar surface area (TPSA) is 46.1 Å². The molecule has 0 spiro atoms. The molecular formula is C21H21F2N3O. The van der Waals surface area contributed by atoms with E-state index >= 15 is 0 Å². The van der Waals surface area contributed by atoms with Crippen molar-refractivity contribution in [1.82, 2.24) is 9.88 Å². The third-order valence-electron chi connectivity index (χ3n) is 4.49. The molecule has 2 N–H and O–H groups in total. The van der Waals surface area contributed by atoms with Gasteiger partial charge in [-0.1, -0.05) is 6.07 Å². The van der Waals surface area contributed by atoms with E-state index in [1.165, 1.54) is 18.2 Å². The van der Waals surface area contributed by atoms with Crippen molar-refractivity contribution in [2.24, 2.45) is 0 Å². The Hall–Kier alpha value is -3.15. The monoisotopic (exact) mass is 369 g/mol. The quantitative estimate of drug-likeness (QED) is 0.668. The lowest BCUT2D eigenvalue weighted by atomic mass is 10.2. The van der Waals surface area contributed by atoms with Crippen LogP contribution in [0.1, 0.15) is 22.5 Å². The Bertz CT molecular complexity index is 978. The maximum atomic E-state index is 13.6. The Balaban J connectivity index is 1.69. The molecule has 2 amide bonds. The number of halogens is 2. The molecule has 0 unspecified atom stereocenters. The fourth-order valence-corrected chi connectivity index (χ4v) is 3.02. The van der Waals surface area contributed by atoms with Crippen LogP contribution in [0.15, 0.2) is 48.5 Å². The number of aryl methyl sites for hydroxylation is 2. The molecule has 0 fully saturated rings. The maximum absolute atomic E-state index is 13.6. The minimum atomic E-state index is -0.412. The van der Waals surface area contributed by atoms with Crippen LogP contribution in [-0.4, -0.2) is 10.6 Å². The molecule has 140 valence electrons. The van der Waals surface area contributed by atoms with Crippen molar-refractivity contribution in [3.63, 3.8) is 0 Å². The standard InChI is InChI=1S/C21H21F2N3O/c1-13-4-7-18(11-20(13)23)25-21(27)24-12-16-10-14(2)26(15(16)3)19-8-5-17(22)6-9-19/h4-11H,12H2,1-3H3,(H2,24,25,27). The smallest absolute Gasteiger partial charge is 0.319 e. The molecule has 0 aliphatic carbocycles. The second-order valence-corrected chi connectivity index (χ2v) is 6.48. The number of carbonyl (C=O) groups excluding carboxylic acids is 1. The summed E-state index contributed by atoms with van der Waals surface area (Å²) in [5, 5.41) is 5.40. The third-order valence-corrected chi connectivity index (χ3v) is 4.49. The fourth-order valence-electron chi connectivity index (χ4n) is 3.02. The van der Waals surface area contributed by atoms with Crippen molar-refractivity contribution < 1.29 is 13.6 Å². The van der Waals surface area contributed by atoms with Gasteiger partial charge in [0.15, 0.2) is 0 Å². The van der Waals surface area contributed by atoms with Crippen LogP contribution >= 0.6 is 0 Å². The molecule has 0 bridgehead atoms. The Morgan fingerprint density at radius 3 is 2.37 bits per heavy atom. The van der Waals surface area contributed by atoms with Gasteiger partial charge in [0, 0.05) is 29.3 Å². The summed E-state index contributed by atoms with van der Waals surface area (Å²) in [5.74, 6) is -0.650. The average Bonchev–Trinajstić information content (AvgIpc) is 2.91. The van der Waals surface area contributed by atoms with Crippen molar-refractivity contribution in [1.29, 1.82) is 0 Å². The predicted octanol–water partition coefficient (Wildman–Crippen LogP) is 5.00. The van der Waals surface area contributed by atoms with Gasteiger partial charge in [0.1, 0.15) is 11.6 Å². The molecule has 0 aliphatic rings. The highest BCUT2D eigenvalue weighted by Gasteiger charge is 2.12. The third kappa shape index (κ3) is 4.16. The first kappa shape index (κ1) is 18.6. The van der Waals surface area contributed by atoms with Crippen LogP contribution in [0.25, 0.3) is 5.69 Å². The maximum Gasteiger partial charge on any atom is 0.319 e. The van der Waals surface area contributed by atoms with Gasteiger partial charge in [-0.05, 0) is 74.4 Å². The van der Waals surface area contributed by atoms with Crippen molar-refractivity contribution in [2.45, 2.75) is 27.3 Å². The van der Waals surface area contributed by atoms with Crippen LogP contribution in [0.2, 0.25) is 0 Å². The number of nitrogens with zero attached hydrogens (tertiary/aromatic N) is 1. The number of carbonyl (C=O) groups is 1. The van der Waals surface area contributed by atoms with E-state index < -0.39 is 6.03 Å². The Morgan fingerprint density at radius 1 is 1.00 bits per heavy atom. The molecule has 4 nitrogen and oxygen atoms in total. The molecule has 1 heterocycles. The van der Waals surface area contributed by atoms with Gasteiger partial charge >= 0.3 is 6.03 Å². The van der Waals surface area contributed by atoms with Crippen molar-refractivity contribution >= 4 is 11.7 Å². The number of benzene rings is 2. The minimum Gasteiger partial charge on any atom is -0.334 e. The molecule has 0 saturated carbocycles. The van der Waals surface area contributed by atoms with Gasteiger partial charge in [0.05, 0.1) is 0 Å². The zero-order valence-corrected chi connectivity index (χ0v) is 15.4. The first-order valence-electron chi connectivity index (χ1n) is 8.60. The molecule has 3 aromatic rings. The Kier molecular flexibility index (Phi) is 5.26. The van der Waals surface area contributed by atoms with Crippen molar-refractivity contribution in [2.75, 3.05) is 5.32 Å². The fraction of sp³-hybridized carbons (Fsp3) is 0.190. The van der Waals surface area contributed by atoms with E-state index in [1.807, 2.05) is 24.5 Å². The molecule has 27 heavy (non-hydrogen) atoms. The first-order valence-corrected chi connectivity index (χ1v) is 8.60. The molecule has 0 aliphatic heterocycles. The van der Waals surface area contributed by atoms with Crippen LogP contribution in [0, 0.1) is 32.4 Å². The largest absolute Gasteiger partial charge is 0.334 e. The lowest BCUT2D eigenvalue weighted by Gasteiger charge is -2.11. The molecule has 6 heteroatoms. The lowest BCUT2D eigenvalue weighted by Crippen LogP contribution is -2.28. The lowest BCUT2D eigenvalue weighted by molar-refractivity contribution is 0.251. The van der Waals surface area contributed by atoms with Gasteiger partial charge in [-0.25, -0.2) is 13.6 Å². The Labute approximate surface area is 156 Å². The highest BCUT2D eigenvalue weighted by molar-refractivity contribution is 5.89. The summed E-state index contributed by atoms with van der Waals surface area (Å²) in [4.78, 5) is 12.1. The SMILES string of the molecule is Cc1ccc(NC(=O)NCc2cc(C)n(-c3ccc(F)cc3)c2C)cc1F. The van der Waals surface area contributed by atoms with E-state index in [9.17, 15) is 13.6 Å². The number of nitrogens with one attached hydrogen (secondary N) is 2. The molecule has 0 radical (unpaired) electrons. The summed E-state index contributed by atoms with van der Waals surface area (Å²) in [6.45, 7) is 5.88. The number of urea groups is 1. The first-order chi connectivity index (χ1) is 12.8. The molecule has 0 saturated heterocycles. The number of amides is 2. The van der Waals surface area contributed by atoms with E-state index in [0.717, 1.165) is 22.6 Å². The van der Waals surface area contributed by atoms with Crippen LogP contribution in [-0.2, 0) is 6.54 Å². The molecular weight excluding hydrogens is 348 g/mol. The number of anilines is 1. The summed E-state index contributed by atoms with van der Waals surface area (Å²) < 4.78 is 28.7. The summed E-state index contributed by atoms with van der Waals surface area (Å²) >= 11 is 0. The van der Waals surface area contributed by atoms with Crippen LogP contribution in [0.4, 0.5) is 19.3 Å². The number of hydrogen-bond acceptors (Lipinski definition) is 1. The van der Waals surface area contributed by atoms with E-state index in [1.54, 1.807) is 31.2 Å². The normalized spacial score (nSPS) is 10.7. The van der Waals surface area contributed by atoms with Crippen molar-refractivity contribution in [3.05, 3.63) is 82.7 Å². The van der Waals surface area contributed by atoms with Gasteiger partial charge in [0.2, 0.25) is 0 Å². The average molecular weight is 369 g/mol. The second-order valence-electron chi connectivity index (χ2n) is 6.48. The Morgan fingerprint density at radius 2 is 1.70 bits per heavy atom. The highest BCUT2D eigenvalue weighted by Crippen LogP contribution is 2.21. The van der Waals surface area contributed by atoms with E-state index in [2.05, 4.69) is 10.6 Å². The zero-order chi connectivity index (χ0) is 19.6. The van der Waals surface area contributed by atoms with Gasteiger partial charge in [-0.2, -0.15) is 0 Å². The summed E-state index contributed by atoms with van der Waals surface area (Å²) in [6.07, 6.45) is 0. The summed E-state index contributed by atoms with van der Waals surface area (Å²) in [6, 6.07) is 12.4. The van der Waals surface area contributed by atoms with Crippen LogP contribution in [0.5, 0.6) is 0 Å². The van der Waals surface area contributed by atoms with Crippen molar-refractivity contribution in [3.8, 4) is 5.69 Å². The summed E-state index contributed by atoms with van der Waals surface area (Å²) in [7, 11) is 0. The second kappa shape index (κ2) is 7.61. The highest BCUT2D eigenvalue weighted by atomic mass is 19.1. The minimum absolute atomic E-state index is 0.285. The van der Waals surface area contributed by atoms with Gasteiger partial charge < -0.3 is 15.2 Å². The van der Waals surface area contributed by atoms with Gasteiger partial charge in [-0.3, -0.25) is 0 Å². The molecule has 3 rings (SSSR count). The predicted molar refractivity (Wildman–Crippen MR) is 102 cm³/mol. The molecule has 0 atom stereocenters. The molecule has 2 aromatic carbocycles. The van der Waals surface area contributed by atoms with Crippen LogP contribution < -0.4 is 10.6 Å². The van der Waals surface area contributed by atoms with E-state index in [4.69, 9.17) is 0 Å². The van der Waals surface area contributed by atoms with Gasteiger partial charge in [-0.15, -0.1) is 0 Å². The summed E-state index contributed by atoms with van der Waals surface area (Å²) in [5.41, 5.74) is 4.67. The number of hydrogen-bond donors (Lipinski definition) is 2. The van der Waals surface area contributed by atoms with Gasteiger partial charge in [0.25, 0.3) is 0 Å². The van der Waals surface area contributed by atoms with Crippen LogP contribution in [0.3, 0.4) is 0 Å². The van der Waals surface area contributed by atoms with E-state index in [-0.39, 0.29) is 11.6 Å².